The average Bonchev–Trinajstić information content (AvgIpc) is 2.65. The number of carbonyl (C=O) groups excluding carboxylic acids is 1. The Balaban J connectivity index is 1.73. The van der Waals surface area contributed by atoms with Gasteiger partial charge >= 0.3 is 0 Å². The Bertz CT molecular complexity index is 974. The lowest BCUT2D eigenvalue weighted by molar-refractivity contribution is 0.0995. The molecule has 1 aromatic heterocycles. The number of aromatic nitrogens is 1. The smallest absolute Gasteiger partial charge is 0.267 e. The van der Waals surface area contributed by atoms with E-state index in [0.717, 1.165) is 18.2 Å². The average molecular weight is 388 g/mol. The molecule has 0 saturated carbocycles. The molecule has 0 bridgehead atoms. The topological polar surface area (TPSA) is 74.4 Å². The molecule has 2 N–H and O–H groups in total. The van der Waals surface area contributed by atoms with E-state index in [9.17, 15) is 18.0 Å². The first-order chi connectivity index (χ1) is 13.4. The number of primary amides is 1. The van der Waals surface area contributed by atoms with E-state index in [2.05, 4.69) is 4.98 Å². The Labute approximate surface area is 158 Å². The highest BCUT2D eigenvalue weighted by atomic mass is 19.1. The lowest BCUT2D eigenvalue weighted by Gasteiger charge is -2.13. The van der Waals surface area contributed by atoms with Crippen molar-refractivity contribution in [2.24, 2.45) is 5.73 Å². The van der Waals surface area contributed by atoms with Crippen LogP contribution in [0.3, 0.4) is 0 Å². The van der Waals surface area contributed by atoms with Crippen molar-refractivity contribution >= 4 is 5.91 Å². The van der Waals surface area contributed by atoms with Crippen LogP contribution in [0.25, 0.3) is 11.1 Å². The molecule has 0 aliphatic heterocycles. The fraction of sp³-hybridized carbons (Fsp3) is 0.100. The van der Waals surface area contributed by atoms with Crippen molar-refractivity contribution in [2.75, 3.05) is 13.2 Å². The molecule has 3 aromatic rings. The van der Waals surface area contributed by atoms with Crippen molar-refractivity contribution in [1.29, 1.82) is 0 Å². The number of carbonyl (C=O) groups is 1. The normalized spacial score (nSPS) is 10.5. The van der Waals surface area contributed by atoms with Crippen LogP contribution < -0.4 is 15.2 Å². The molecule has 0 spiro atoms. The van der Waals surface area contributed by atoms with Gasteiger partial charge in [-0.1, -0.05) is 12.1 Å². The van der Waals surface area contributed by atoms with Gasteiger partial charge in [0.2, 0.25) is 0 Å². The van der Waals surface area contributed by atoms with Gasteiger partial charge in [0.15, 0.2) is 0 Å². The molecule has 1 heterocycles. The Kier molecular flexibility index (Phi) is 5.78. The first kappa shape index (κ1) is 19.2. The number of pyridine rings is 1. The summed E-state index contributed by atoms with van der Waals surface area (Å²) < 4.78 is 50.4. The highest BCUT2D eigenvalue weighted by molar-refractivity contribution is 5.92. The molecule has 1 amide bonds. The standard InChI is InChI=1S/C20H15F3N2O3/c21-13-3-1-12(2-4-13)17-10-18(20(24)26)25-11-19(17)28-6-5-27-16-8-14(22)7-15(23)9-16/h1-4,7-11H,5-6H2,(H2,24,26). The number of halogens is 3. The molecule has 0 atom stereocenters. The minimum atomic E-state index is -0.749. The van der Waals surface area contributed by atoms with E-state index < -0.39 is 23.4 Å². The van der Waals surface area contributed by atoms with Crippen LogP contribution >= 0.6 is 0 Å². The SMILES string of the molecule is NC(=O)c1cc(-c2ccc(F)cc2)c(OCCOc2cc(F)cc(F)c2)cn1. The van der Waals surface area contributed by atoms with E-state index in [-0.39, 0.29) is 24.7 Å². The molecule has 3 rings (SSSR count). The number of amides is 1. The maximum Gasteiger partial charge on any atom is 0.267 e. The minimum absolute atomic E-state index is 0.00330. The second kappa shape index (κ2) is 8.43. The summed E-state index contributed by atoms with van der Waals surface area (Å²) in [7, 11) is 0. The van der Waals surface area contributed by atoms with Crippen LogP contribution in [0.1, 0.15) is 10.5 Å². The zero-order valence-electron chi connectivity index (χ0n) is 14.5. The van der Waals surface area contributed by atoms with Crippen molar-refractivity contribution in [2.45, 2.75) is 0 Å². The van der Waals surface area contributed by atoms with Gasteiger partial charge in [-0.05, 0) is 23.8 Å². The van der Waals surface area contributed by atoms with Gasteiger partial charge in [0.05, 0.1) is 6.20 Å². The Hall–Kier alpha value is -3.55. The number of nitrogens with zero attached hydrogens (tertiary/aromatic N) is 1. The van der Waals surface area contributed by atoms with E-state index >= 15 is 0 Å². The lowest BCUT2D eigenvalue weighted by atomic mass is 10.0. The molecule has 8 heteroatoms. The Morgan fingerprint density at radius 1 is 0.893 bits per heavy atom. The predicted molar refractivity (Wildman–Crippen MR) is 95.5 cm³/mol. The van der Waals surface area contributed by atoms with Crippen molar-refractivity contribution in [3.05, 3.63) is 77.9 Å². The van der Waals surface area contributed by atoms with E-state index in [4.69, 9.17) is 15.2 Å². The number of rotatable bonds is 7. The van der Waals surface area contributed by atoms with E-state index in [1.807, 2.05) is 0 Å². The lowest BCUT2D eigenvalue weighted by Crippen LogP contribution is -2.14. The second-order valence-corrected chi connectivity index (χ2v) is 5.74. The van der Waals surface area contributed by atoms with Crippen molar-refractivity contribution in [1.82, 2.24) is 4.98 Å². The van der Waals surface area contributed by atoms with Crippen LogP contribution in [0.4, 0.5) is 13.2 Å². The Morgan fingerprint density at radius 2 is 1.54 bits per heavy atom. The minimum Gasteiger partial charge on any atom is -0.490 e. The molecule has 28 heavy (non-hydrogen) atoms. The predicted octanol–water partition coefficient (Wildman–Crippen LogP) is 3.72. The van der Waals surface area contributed by atoms with Crippen LogP contribution in [0.5, 0.6) is 11.5 Å². The molecule has 0 aliphatic rings. The van der Waals surface area contributed by atoms with Crippen LogP contribution in [-0.2, 0) is 0 Å². The van der Waals surface area contributed by atoms with Crippen LogP contribution in [0.15, 0.2) is 54.7 Å². The van der Waals surface area contributed by atoms with Gasteiger partial charge in [-0.15, -0.1) is 0 Å². The van der Waals surface area contributed by atoms with E-state index in [0.29, 0.717) is 16.9 Å². The largest absolute Gasteiger partial charge is 0.490 e. The van der Waals surface area contributed by atoms with Crippen molar-refractivity contribution in [3.8, 4) is 22.6 Å². The maximum atomic E-state index is 13.2. The third-order valence-electron chi connectivity index (χ3n) is 3.72. The molecular formula is C20H15F3N2O3. The highest BCUT2D eigenvalue weighted by Crippen LogP contribution is 2.30. The van der Waals surface area contributed by atoms with Gasteiger partial charge in [0.25, 0.3) is 5.91 Å². The quantitative estimate of drug-likeness (QED) is 0.626. The molecule has 5 nitrogen and oxygen atoms in total. The first-order valence-electron chi connectivity index (χ1n) is 8.20. The van der Waals surface area contributed by atoms with Gasteiger partial charge in [-0.3, -0.25) is 4.79 Å². The summed E-state index contributed by atoms with van der Waals surface area (Å²) in [5, 5.41) is 0. The second-order valence-electron chi connectivity index (χ2n) is 5.74. The van der Waals surface area contributed by atoms with Crippen LogP contribution in [-0.4, -0.2) is 24.1 Å². The van der Waals surface area contributed by atoms with E-state index in [1.165, 1.54) is 36.5 Å². The van der Waals surface area contributed by atoms with E-state index in [1.54, 1.807) is 0 Å². The fourth-order valence-electron chi connectivity index (χ4n) is 2.47. The number of benzene rings is 2. The van der Waals surface area contributed by atoms with Crippen molar-refractivity contribution < 1.29 is 27.4 Å². The molecule has 0 unspecified atom stereocenters. The molecule has 2 aromatic carbocycles. The molecular weight excluding hydrogens is 373 g/mol. The number of hydrogen-bond acceptors (Lipinski definition) is 4. The summed E-state index contributed by atoms with van der Waals surface area (Å²) >= 11 is 0. The van der Waals surface area contributed by atoms with Gasteiger partial charge < -0.3 is 15.2 Å². The summed E-state index contributed by atoms with van der Waals surface area (Å²) in [5.74, 6) is -2.29. The molecule has 0 fully saturated rings. The van der Waals surface area contributed by atoms with Crippen LogP contribution in [0.2, 0.25) is 0 Å². The van der Waals surface area contributed by atoms with Gasteiger partial charge in [-0.25, -0.2) is 18.2 Å². The van der Waals surface area contributed by atoms with Gasteiger partial charge in [0.1, 0.15) is 47.9 Å². The molecule has 144 valence electrons. The zero-order chi connectivity index (χ0) is 20.1. The summed E-state index contributed by atoms with van der Waals surface area (Å²) in [6.45, 7) is 0.0350. The number of nitrogens with two attached hydrogens (primary N) is 1. The highest BCUT2D eigenvalue weighted by Gasteiger charge is 2.12. The number of ether oxygens (including phenoxy) is 2. The van der Waals surface area contributed by atoms with Gasteiger partial charge in [-0.2, -0.15) is 0 Å². The van der Waals surface area contributed by atoms with Crippen LogP contribution in [0, 0.1) is 17.5 Å². The zero-order valence-corrected chi connectivity index (χ0v) is 14.5. The third kappa shape index (κ3) is 4.79. The maximum absolute atomic E-state index is 13.2. The number of hydrogen-bond donors (Lipinski definition) is 1. The molecule has 0 saturated heterocycles. The fourth-order valence-corrected chi connectivity index (χ4v) is 2.47. The van der Waals surface area contributed by atoms with Crippen molar-refractivity contribution in [3.63, 3.8) is 0 Å². The summed E-state index contributed by atoms with van der Waals surface area (Å²) in [6.07, 6.45) is 1.32. The third-order valence-corrected chi connectivity index (χ3v) is 3.72. The first-order valence-corrected chi connectivity index (χ1v) is 8.20. The summed E-state index contributed by atoms with van der Waals surface area (Å²) in [6, 6.07) is 9.86. The molecule has 0 radical (unpaired) electrons. The van der Waals surface area contributed by atoms with Gasteiger partial charge in [0, 0.05) is 23.8 Å². The monoisotopic (exact) mass is 388 g/mol. The summed E-state index contributed by atoms with van der Waals surface area (Å²) in [4.78, 5) is 15.3. The molecule has 0 aliphatic carbocycles. The summed E-state index contributed by atoms with van der Waals surface area (Å²) in [5.41, 5.74) is 6.37. The Morgan fingerprint density at radius 3 is 2.18 bits per heavy atom.